The van der Waals surface area contributed by atoms with Crippen LogP contribution in [0.2, 0.25) is 0 Å². The summed E-state index contributed by atoms with van der Waals surface area (Å²) in [5.74, 6) is 1.45. The van der Waals surface area contributed by atoms with Gasteiger partial charge in [0.1, 0.15) is 5.75 Å². The summed E-state index contributed by atoms with van der Waals surface area (Å²) in [5.41, 5.74) is 5.46. The number of aliphatic imine (C=N–C) groups is 1. The van der Waals surface area contributed by atoms with Gasteiger partial charge in [-0.2, -0.15) is 0 Å². The van der Waals surface area contributed by atoms with Crippen molar-refractivity contribution in [2.45, 2.75) is 18.9 Å². The third-order valence-electron chi connectivity index (χ3n) is 3.14. The molecule has 2 aliphatic rings. The molecule has 3 heteroatoms. The fourth-order valence-corrected chi connectivity index (χ4v) is 3.08. The van der Waals surface area contributed by atoms with Crippen LogP contribution in [0.3, 0.4) is 0 Å². The predicted octanol–water partition coefficient (Wildman–Crippen LogP) is 3.17. The van der Waals surface area contributed by atoms with Crippen LogP contribution in [0, 0.1) is 0 Å². The first-order chi connectivity index (χ1) is 7.86. The lowest BCUT2D eigenvalue weighted by Gasteiger charge is -2.18. The van der Waals surface area contributed by atoms with E-state index in [1.807, 2.05) is 17.7 Å². The minimum atomic E-state index is 0.266. The summed E-state index contributed by atoms with van der Waals surface area (Å²) in [5, 5.41) is 9.85. The van der Waals surface area contributed by atoms with E-state index in [2.05, 4.69) is 17.1 Å². The molecule has 0 amide bonds. The molecule has 16 heavy (non-hydrogen) atoms. The van der Waals surface area contributed by atoms with E-state index in [9.17, 15) is 5.11 Å². The van der Waals surface area contributed by atoms with Gasteiger partial charge in [-0.25, -0.2) is 0 Å². The topological polar surface area (TPSA) is 32.6 Å². The molecule has 1 aliphatic heterocycles. The molecule has 1 aromatic rings. The average molecular weight is 231 g/mol. The first-order valence-corrected chi connectivity index (χ1v) is 6.55. The summed E-state index contributed by atoms with van der Waals surface area (Å²) < 4.78 is 0. The molecule has 82 valence electrons. The van der Waals surface area contributed by atoms with E-state index in [1.54, 1.807) is 11.8 Å². The van der Waals surface area contributed by atoms with E-state index in [0.29, 0.717) is 5.75 Å². The van der Waals surface area contributed by atoms with Gasteiger partial charge in [0, 0.05) is 11.3 Å². The van der Waals surface area contributed by atoms with E-state index in [0.717, 1.165) is 24.2 Å². The molecule has 1 atom stereocenters. The monoisotopic (exact) mass is 231 g/mol. The molecule has 0 radical (unpaired) electrons. The van der Waals surface area contributed by atoms with Crippen LogP contribution in [0.15, 0.2) is 23.2 Å². The second kappa shape index (κ2) is 3.98. The van der Waals surface area contributed by atoms with Crippen molar-refractivity contribution in [3.05, 3.63) is 34.9 Å². The molecule has 0 fully saturated rings. The zero-order valence-corrected chi connectivity index (χ0v) is 9.70. The summed E-state index contributed by atoms with van der Waals surface area (Å²) in [4.78, 5) is 4.47. The van der Waals surface area contributed by atoms with Gasteiger partial charge in [-0.15, -0.1) is 11.8 Å². The Morgan fingerprint density at radius 2 is 2.31 bits per heavy atom. The Bertz CT molecular complexity index is 479. The molecule has 3 rings (SSSR count). The number of benzene rings is 1. The first-order valence-electron chi connectivity index (χ1n) is 5.51. The fourth-order valence-electron chi connectivity index (χ4n) is 2.31. The summed E-state index contributed by atoms with van der Waals surface area (Å²) in [6, 6.07) is 4.09. The maximum absolute atomic E-state index is 9.85. The van der Waals surface area contributed by atoms with Gasteiger partial charge >= 0.3 is 0 Å². The number of rotatable bonds is 1. The highest BCUT2D eigenvalue weighted by atomic mass is 32.2. The lowest BCUT2D eigenvalue weighted by Crippen LogP contribution is -2.03. The van der Waals surface area contributed by atoms with Crippen molar-refractivity contribution < 1.29 is 5.11 Å². The van der Waals surface area contributed by atoms with E-state index in [1.165, 1.54) is 11.1 Å². The average Bonchev–Trinajstić information content (AvgIpc) is 2.83. The Hall–Kier alpha value is -1.22. The van der Waals surface area contributed by atoms with Gasteiger partial charge in [0.2, 0.25) is 0 Å². The maximum Gasteiger partial charge on any atom is 0.119 e. The number of aromatic hydroxyl groups is 1. The number of phenolic OH excluding ortho intramolecular Hbond substituents is 1. The molecule has 0 aromatic heterocycles. The van der Waals surface area contributed by atoms with Gasteiger partial charge in [-0.1, -0.05) is 18.2 Å². The van der Waals surface area contributed by atoms with Gasteiger partial charge in [0.15, 0.2) is 0 Å². The van der Waals surface area contributed by atoms with E-state index in [4.69, 9.17) is 0 Å². The molecular formula is C13H13NOS. The molecule has 0 bridgehead atoms. The Labute approximate surface area is 99.1 Å². The Morgan fingerprint density at radius 3 is 3.12 bits per heavy atom. The largest absolute Gasteiger partial charge is 0.508 e. The highest BCUT2D eigenvalue weighted by Crippen LogP contribution is 2.36. The standard InChI is InChI=1S/C13H13NOS/c15-13-6-5-10(12-7-16-8-14-12)9-3-1-2-4-11(9)13/h1,3,5-6,8,12,15H,2,4,7H2. The number of hydrogen-bond acceptors (Lipinski definition) is 3. The third kappa shape index (κ3) is 1.55. The van der Waals surface area contributed by atoms with Crippen LogP contribution in [0.25, 0.3) is 6.08 Å². The SMILES string of the molecule is Oc1ccc(C2CSC=N2)c2c1CCC=C2. The Morgan fingerprint density at radius 1 is 1.38 bits per heavy atom. The number of nitrogens with zero attached hydrogens (tertiary/aromatic N) is 1. The summed E-state index contributed by atoms with van der Waals surface area (Å²) >= 11 is 1.75. The van der Waals surface area contributed by atoms with Crippen molar-refractivity contribution in [1.82, 2.24) is 0 Å². The molecule has 1 N–H and O–H groups in total. The number of fused-ring (bicyclic) bond motifs is 1. The van der Waals surface area contributed by atoms with E-state index in [-0.39, 0.29) is 6.04 Å². The Kier molecular flexibility index (Phi) is 2.48. The summed E-state index contributed by atoms with van der Waals surface area (Å²) in [7, 11) is 0. The van der Waals surface area contributed by atoms with Gasteiger partial charge in [-0.05, 0) is 30.0 Å². The predicted molar refractivity (Wildman–Crippen MR) is 69.2 cm³/mol. The molecular weight excluding hydrogens is 218 g/mol. The first kappa shape index (κ1) is 9.97. The van der Waals surface area contributed by atoms with Crippen molar-refractivity contribution >= 4 is 23.4 Å². The summed E-state index contributed by atoms with van der Waals surface area (Å²) in [6.45, 7) is 0. The smallest absolute Gasteiger partial charge is 0.119 e. The minimum absolute atomic E-state index is 0.266. The second-order valence-corrected chi connectivity index (χ2v) is 4.99. The van der Waals surface area contributed by atoms with Crippen LogP contribution in [-0.4, -0.2) is 16.4 Å². The van der Waals surface area contributed by atoms with Gasteiger partial charge in [0.25, 0.3) is 0 Å². The van der Waals surface area contributed by atoms with Gasteiger partial charge in [0.05, 0.1) is 11.6 Å². The van der Waals surface area contributed by atoms with E-state index < -0.39 is 0 Å². The van der Waals surface area contributed by atoms with E-state index >= 15 is 0 Å². The lowest BCUT2D eigenvalue weighted by atomic mass is 9.90. The number of phenols is 1. The molecule has 2 nitrogen and oxygen atoms in total. The minimum Gasteiger partial charge on any atom is -0.508 e. The van der Waals surface area contributed by atoms with Gasteiger partial charge in [-0.3, -0.25) is 4.99 Å². The van der Waals surface area contributed by atoms with Crippen LogP contribution in [0.5, 0.6) is 5.75 Å². The fraction of sp³-hybridized carbons (Fsp3) is 0.308. The zero-order chi connectivity index (χ0) is 11.0. The van der Waals surface area contributed by atoms with Crippen LogP contribution in [-0.2, 0) is 6.42 Å². The van der Waals surface area contributed by atoms with Crippen LogP contribution in [0.4, 0.5) is 0 Å². The van der Waals surface area contributed by atoms with Gasteiger partial charge < -0.3 is 5.11 Å². The number of thioether (sulfide) groups is 1. The van der Waals surface area contributed by atoms with Crippen molar-refractivity contribution in [3.8, 4) is 5.75 Å². The third-order valence-corrected chi connectivity index (χ3v) is 3.92. The van der Waals surface area contributed by atoms with Crippen molar-refractivity contribution in [2.75, 3.05) is 5.75 Å². The number of hydrogen-bond donors (Lipinski definition) is 1. The highest BCUT2D eigenvalue weighted by molar-refractivity contribution is 8.12. The molecule has 0 saturated carbocycles. The Balaban J connectivity index is 2.12. The zero-order valence-electron chi connectivity index (χ0n) is 8.89. The second-order valence-electron chi connectivity index (χ2n) is 4.11. The molecule has 0 spiro atoms. The lowest BCUT2D eigenvalue weighted by molar-refractivity contribution is 0.467. The molecule has 0 saturated heterocycles. The number of allylic oxidation sites excluding steroid dienone is 1. The van der Waals surface area contributed by atoms with Crippen molar-refractivity contribution in [3.63, 3.8) is 0 Å². The molecule has 1 heterocycles. The van der Waals surface area contributed by atoms with Crippen LogP contribution >= 0.6 is 11.8 Å². The summed E-state index contributed by atoms with van der Waals surface area (Å²) in [6.07, 6.45) is 6.27. The normalized spacial score (nSPS) is 22.4. The molecule has 1 aromatic carbocycles. The van der Waals surface area contributed by atoms with Crippen molar-refractivity contribution in [2.24, 2.45) is 4.99 Å². The molecule has 1 aliphatic carbocycles. The van der Waals surface area contributed by atoms with Crippen LogP contribution < -0.4 is 0 Å². The molecule has 1 unspecified atom stereocenters. The van der Waals surface area contributed by atoms with Crippen LogP contribution in [0.1, 0.15) is 29.2 Å². The highest BCUT2D eigenvalue weighted by Gasteiger charge is 2.20. The van der Waals surface area contributed by atoms with Crippen molar-refractivity contribution in [1.29, 1.82) is 0 Å². The maximum atomic E-state index is 9.85. The quantitative estimate of drug-likeness (QED) is 0.805.